The van der Waals surface area contributed by atoms with Crippen LogP contribution in [0.4, 0.5) is 10.1 Å². The van der Waals surface area contributed by atoms with Crippen molar-refractivity contribution in [3.63, 3.8) is 0 Å². The van der Waals surface area contributed by atoms with E-state index in [-0.39, 0.29) is 11.7 Å². The first-order valence-electron chi connectivity index (χ1n) is 6.02. The summed E-state index contributed by atoms with van der Waals surface area (Å²) in [5.74, 6) is -2.99. The standard InChI is InChI=1S/C14H14FNO3/c15-9-5-7-10(8-6-9)16-13(17)11-3-1-2-4-12(11)14(18)19/h1-2,5-8,11-12H,3-4H2,(H,16,17)(H,18,19)/t11-,12+/m0/s1. The van der Waals surface area contributed by atoms with Crippen molar-refractivity contribution in [3.8, 4) is 0 Å². The molecule has 5 heteroatoms. The van der Waals surface area contributed by atoms with E-state index in [1.807, 2.05) is 6.08 Å². The van der Waals surface area contributed by atoms with E-state index >= 15 is 0 Å². The number of rotatable bonds is 3. The molecule has 0 heterocycles. The van der Waals surface area contributed by atoms with Crippen LogP contribution in [0.1, 0.15) is 12.8 Å². The van der Waals surface area contributed by atoms with Gasteiger partial charge in [0.2, 0.25) is 5.91 Å². The first-order valence-corrected chi connectivity index (χ1v) is 6.02. The number of hydrogen-bond donors (Lipinski definition) is 2. The lowest BCUT2D eigenvalue weighted by atomic mass is 9.82. The van der Waals surface area contributed by atoms with Gasteiger partial charge in [-0.2, -0.15) is 0 Å². The molecule has 0 saturated carbocycles. The van der Waals surface area contributed by atoms with Gasteiger partial charge in [-0.05, 0) is 37.1 Å². The van der Waals surface area contributed by atoms with Gasteiger partial charge in [0.25, 0.3) is 0 Å². The number of nitrogens with one attached hydrogen (secondary N) is 1. The molecule has 19 heavy (non-hydrogen) atoms. The molecule has 2 rings (SSSR count). The lowest BCUT2D eigenvalue weighted by Crippen LogP contribution is -2.34. The van der Waals surface area contributed by atoms with Crippen molar-refractivity contribution in [2.75, 3.05) is 5.32 Å². The van der Waals surface area contributed by atoms with Gasteiger partial charge in [-0.25, -0.2) is 4.39 Å². The van der Waals surface area contributed by atoms with Crippen LogP contribution >= 0.6 is 0 Å². The third-order valence-electron chi connectivity index (χ3n) is 3.20. The summed E-state index contributed by atoms with van der Waals surface area (Å²) in [6.45, 7) is 0. The van der Waals surface area contributed by atoms with Gasteiger partial charge in [-0.3, -0.25) is 9.59 Å². The van der Waals surface area contributed by atoms with E-state index in [0.717, 1.165) is 0 Å². The quantitative estimate of drug-likeness (QED) is 0.823. The molecule has 0 spiro atoms. The SMILES string of the molecule is O=C(Nc1ccc(F)cc1)[C@H]1CC=CC[C@H]1C(=O)O. The number of carboxylic acid groups (broad SMARTS) is 1. The molecule has 0 radical (unpaired) electrons. The number of carbonyl (C=O) groups excluding carboxylic acids is 1. The zero-order valence-electron chi connectivity index (χ0n) is 10.2. The fourth-order valence-electron chi connectivity index (χ4n) is 2.15. The molecule has 1 aromatic carbocycles. The zero-order chi connectivity index (χ0) is 13.8. The summed E-state index contributed by atoms with van der Waals surface area (Å²) in [7, 11) is 0. The monoisotopic (exact) mass is 263 g/mol. The summed E-state index contributed by atoms with van der Waals surface area (Å²) >= 11 is 0. The highest BCUT2D eigenvalue weighted by Gasteiger charge is 2.33. The van der Waals surface area contributed by atoms with Gasteiger partial charge < -0.3 is 10.4 Å². The van der Waals surface area contributed by atoms with Crippen molar-refractivity contribution in [1.82, 2.24) is 0 Å². The van der Waals surface area contributed by atoms with E-state index in [1.165, 1.54) is 24.3 Å². The third kappa shape index (κ3) is 3.19. The number of benzene rings is 1. The van der Waals surface area contributed by atoms with Crippen molar-refractivity contribution < 1.29 is 19.1 Å². The number of amides is 1. The molecule has 0 aromatic heterocycles. The molecule has 4 nitrogen and oxygen atoms in total. The largest absolute Gasteiger partial charge is 0.481 e. The van der Waals surface area contributed by atoms with Gasteiger partial charge in [-0.15, -0.1) is 0 Å². The summed E-state index contributed by atoms with van der Waals surface area (Å²) < 4.78 is 12.7. The highest BCUT2D eigenvalue weighted by molar-refractivity contribution is 5.95. The fraction of sp³-hybridized carbons (Fsp3) is 0.286. The Bertz CT molecular complexity index is 510. The molecular weight excluding hydrogens is 249 g/mol. The van der Waals surface area contributed by atoms with Gasteiger partial charge in [-0.1, -0.05) is 12.2 Å². The van der Waals surface area contributed by atoms with Crippen molar-refractivity contribution in [2.24, 2.45) is 11.8 Å². The molecule has 0 bridgehead atoms. The number of halogens is 1. The molecule has 2 N–H and O–H groups in total. The summed E-state index contributed by atoms with van der Waals surface area (Å²) in [5.41, 5.74) is 0.463. The van der Waals surface area contributed by atoms with Crippen molar-refractivity contribution in [1.29, 1.82) is 0 Å². The average molecular weight is 263 g/mol. The maximum atomic E-state index is 12.7. The highest BCUT2D eigenvalue weighted by atomic mass is 19.1. The Morgan fingerprint density at radius 3 is 2.26 bits per heavy atom. The number of anilines is 1. The Labute approximate surface area is 109 Å². The van der Waals surface area contributed by atoms with Gasteiger partial charge in [0.05, 0.1) is 11.8 Å². The number of aliphatic carboxylic acids is 1. The Balaban J connectivity index is 2.08. The first kappa shape index (κ1) is 13.3. The number of hydrogen-bond acceptors (Lipinski definition) is 2. The van der Waals surface area contributed by atoms with Crippen LogP contribution in [0.2, 0.25) is 0 Å². The van der Waals surface area contributed by atoms with Crippen LogP contribution in [0, 0.1) is 17.7 Å². The molecule has 0 fully saturated rings. The van der Waals surface area contributed by atoms with E-state index in [1.54, 1.807) is 6.08 Å². The molecule has 2 atom stereocenters. The smallest absolute Gasteiger partial charge is 0.307 e. The maximum absolute atomic E-state index is 12.7. The van der Waals surface area contributed by atoms with Gasteiger partial charge in [0.15, 0.2) is 0 Å². The molecule has 1 aromatic rings. The topological polar surface area (TPSA) is 66.4 Å². The van der Waals surface area contributed by atoms with Crippen LogP contribution in [-0.4, -0.2) is 17.0 Å². The Hall–Kier alpha value is -2.17. The summed E-state index contributed by atoms with van der Waals surface area (Å²) in [6.07, 6.45) is 4.36. The number of carbonyl (C=O) groups is 2. The maximum Gasteiger partial charge on any atom is 0.307 e. The average Bonchev–Trinajstić information content (AvgIpc) is 2.41. The second-order valence-corrected chi connectivity index (χ2v) is 4.49. The lowest BCUT2D eigenvalue weighted by Gasteiger charge is -2.24. The molecule has 1 aliphatic rings. The van der Waals surface area contributed by atoms with E-state index in [9.17, 15) is 14.0 Å². The normalized spacial score (nSPS) is 21.9. The molecule has 0 saturated heterocycles. The van der Waals surface area contributed by atoms with Gasteiger partial charge >= 0.3 is 5.97 Å². The third-order valence-corrected chi connectivity index (χ3v) is 3.20. The highest BCUT2D eigenvalue weighted by Crippen LogP contribution is 2.27. The number of carboxylic acids is 1. The summed E-state index contributed by atoms with van der Waals surface area (Å²) in [4.78, 5) is 23.2. The Morgan fingerprint density at radius 1 is 1.11 bits per heavy atom. The van der Waals surface area contributed by atoms with Crippen LogP contribution in [0.5, 0.6) is 0 Å². The molecule has 1 aliphatic carbocycles. The Morgan fingerprint density at radius 2 is 1.68 bits per heavy atom. The second kappa shape index (κ2) is 5.65. The zero-order valence-corrected chi connectivity index (χ0v) is 10.2. The predicted molar refractivity (Wildman–Crippen MR) is 68.0 cm³/mol. The molecular formula is C14H14FNO3. The first-order chi connectivity index (χ1) is 9.08. The fourth-order valence-corrected chi connectivity index (χ4v) is 2.15. The molecule has 0 unspecified atom stereocenters. The summed E-state index contributed by atoms with van der Waals surface area (Å²) in [5, 5.41) is 11.7. The van der Waals surface area contributed by atoms with Crippen molar-refractivity contribution in [2.45, 2.75) is 12.8 Å². The van der Waals surface area contributed by atoms with Crippen LogP contribution in [-0.2, 0) is 9.59 Å². The lowest BCUT2D eigenvalue weighted by molar-refractivity contribution is -0.146. The predicted octanol–water partition coefficient (Wildman–Crippen LogP) is 2.43. The van der Waals surface area contributed by atoms with Crippen LogP contribution in [0.15, 0.2) is 36.4 Å². The molecule has 1 amide bonds. The Kier molecular flexibility index (Phi) is 3.94. The van der Waals surface area contributed by atoms with E-state index in [4.69, 9.17) is 5.11 Å². The van der Waals surface area contributed by atoms with Crippen LogP contribution < -0.4 is 5.32 Å². The molecule has 100 valence electrons. The summed E-state index contributed by atoms with van der Waals surface area (Å²) in [6, 6.07) is 5.37. The van der Waals surface area contributed by atoms with E-state index in [0.29, 0.717) is 18.5 Å². The molecule has 0 aliphatic heterocycles. The minimum absolute atomic E-state index is 0.344. The van der Waals surface area contributed by atoms with Crippen molar-refractivity contribution >= 4 is 17.6 Å². The minimum atomic E-state index is -0.969. The van der Waals surface area contributed by atoms with Gasteiger partial charge in [0.1, 0.15) is 5.82 Å². The van der Waals surface area contributed by atoms with E-state index < -0.39 is 17.8 Å². The van der Waals surface area contributed by atoms with Crippen LogP contribution in [0.3, 0.4) is 0 Å². The van der Waals surface area contributed by atoms with Crippen LogP contribution in [0.25, 0.3) is 0 Å². The number of allylic oxidation sites excluding steroid dienone is 2. The van der Waals surface area contributed by atoms with Crippen molar-refractivity contribution in [3.05, 3.63) is 42.2 Å². The van der Waals surface area contributed by atoms with E-state index in [2.05, 4.69) is 5.32 Å². The second-order valence-electron chi connectivity index (χ2n) is 4.49. The van der Waals surface area contributed by atoms with Gasteiger partial charge in [0, 0.05) is 5.69 Å². The minimum Gasteiger partial charge on any atom is -0.481 e.